The van der Waals surface area contributed by atoms with E-state index < -0.39 is 0 Å². The molecule has 4 rings (SSSR count). The predicted molar refractivity (Wildman–Crippen MR) is 76.7 cm³/mol. The van der Waals surface area contributed by atoms with Crippen molar-refractivity contribution in [1.82, 2.24) is 0 Å². The van der Waals surface area contributed by atoms with E-state index in [-0.39, 0.29) is 40.5 Å². The number of halogens is 2. The Balaban J connectivity index is 1.80. The van der Waals surface area contributed by atoms with Crippen molar-refractivity contribution in [1.29, 1.82) is 0 Å². The van der Waals surface area contributed by atoms with E-state index in [4.69, 9.17) is 23.2 Å². The van der Waals surface area contributed by atoms with Crippen molar-refractivity contribution in [3.8, 4) is 0 Å². The van der Waals surface area contributed by atoms with E-state index in [1.807, 2.05) is 0 Å². The molecule has 4 atom stereocenters. The second kappa shape index (κ2) is 4.09. The smallest absolute Gasteiger partial charge is 0.238 e. The van der Waals surface area contributed by atoms with Crippen LogP contribution in [0.2, 0.25) is 10.0 Å². The number of imide groups is 1. The Kier molecular flexibility index (Phi) is 2.54. The topological polar surface area (TPSA) is 37.4 Å². The highest BCUT2D eigenvalue weighted by molar-refractivity contribution is 6.44. The molecule has 1 heterocycles. The van der Waals surface area contributed by atoms with Crippen LogP contribution in [0.3, 0.4) is 0 Å². The minimum Gasteiger partial charge on any atom is -0.274 e. The molecule has 1 aromatic carbocycles. The van der Waals surface area contributed by atoms with Crippen LogP contribution in [0.4, 0.5) is 5.69 Å². The molecule has 0 radical (unpaired) electrons. The molecule has 0 unspecified atom stereocenters. The minimum absolute atomic E-state index is 0.138. The fourth-order valence-corrected chi connectivity index (χ4v) is 4.18. The van der Waals surface area contributed by atoms with E-state index in [0.717, 1.165) is 6.42 Å². The first-order chi connectivity index (χ1) is 9.59. The van der Waals surface area contributed by atoms with Gasteiger partial charge in [0, 0.05) is 0 Å². The molecule has 3 aliphatic rings. The molecule has 1 saturated carbocycles. The highest BCUT2D eigenvalue weighted by atomic mass is 35.5. The van der Waals surface area contributed by atoms with Gasteiger partial charge in [-0.1, -0.05) is 41.4 Å². The van der Waals surface area contributed by atoms with Crippen LogP contribution < -0.4 is 4.90 Å². The van der Waals surface area contributed by atoms with Crippen molar-refractivity contribution < 1.29 is 9.59 Å². The fraction of sp³-hybridized carbons (Fsp3) is 0.333. The van der Waals surface area contributed by atoms with Crippen molar-refractivity contribution in [2.24, 2.45) is 23.7 Å². The molecule has 3 nitrogen and oxygen atoms in total. The SMILES string of the molecule is O=C1[C@@H]2[C@@H](C(=O)N1c1cccc(Cl)c1Cl)[C@H]1C=C[C@@H]2C1. The van der Waals surface area contributed by atoms with Gasteiger partial charge in [-0.3, -0.25) is 9.59 Å². The van der Waals surface area contributed by atoms with Gasteiger partial charge in [0.2, 0.25) is 11.8 Å². The number of hydrogen-bond donors (Lipinski definition) is 0. The molecule has 5 heteroatoms. The van der Waals surface area contributed by atoms with Gasteiger partial charge in [-0.2, -0.15) is 0 Å². The molecule has 2 amide bonds. The van der Waals surface area contributed by atoms with Gasteiger partial charge in [-0.15, -0.1) is 0 Å². The quantitative estimate of drug-likeness (QED) is 0.589. The Morgan fingerprint density at radius 1 is 1.00 bits per heavy atom. The van der Waals surface area contributed by atoms with Crippen molar-refractivity contribution in [3.63, 3.8) is 0 Å². The molecule has 2 fully saturated rings. The lowest BCUT2D eigenvalue weighted by Gasteiger charge is -2.18. The van der Waals surface area contributed by atoms with Gasteiger partial charge in [0.1, 0.15) is 0 Å². The summed E-state index contributed by atoms with van der Waals surface area (Å²) in [5, 5.41) is 0.610. The zero-order valence-electron chi connectivity index (χ0n) is 10.4. The number of fused-ring (bicyclic) bond motifs is 5. The van der Waals surface area contributed by atoms with E-state index >= 15 is 0 Å². The first-order valence-electron chi connectivity index (χ1n) is 6.59. The molecule has 102 valence electrons. The van der Waals surface area contributed by atoms with Crippen LogP contribution in [0.5, 0.6) is 0 Å². The number of carbonyl (C=O) groups is 2. The Bertz CT molecular complexity index is 640. The van der Waals surface area contributed by atoms with Crippen LogP contribution >= 0.6 is 23.2 Å². The second-order valence-corrected chi connectivity index (χ2v) is 6.37. The van der Waals surface area contributed by atoms with Gasteiger partial charge >= 0.3 is 0 Å². The van der Waals surface area contributed by atoms with Crippen LogP contribution in [-0.4, -0.2) is 11.8 Å². The maximum absolute atomic E-state index is 12.6. The normalized spacial score (nSPS) is 34.2. The summed E-state index contributed by atoms with van der Waals surface area (Å²) in [5.74, 6) is -0.309. The molecular weight excluding hydrogens is 297 g/mol. The van der Waals surface area contributed by atoms with Crippen molar-refractivity contribution in [2.45, 2.75) is 6.42 Å². The number of rotatable bonds is 1. The average Bonchev–Trinajstić information content (AvgIpc) is 3.09. The van der Waals surface area contributed by atoms with Gasteiger partial charge in [-0.25, -0.2) is 4.90 Å². The van der Waals surface area contributed by atoms with Gasteiger partial charge in [0.25, 0.3) is 0 Å². The van der Waals surface area contributed by atoms with Crippen molar-refractivity contribution in [2.75, 3.05) is 4.90 Å². The Hall–Kier alpha value is -1.32. The van der Waals surface area contributed by atoms with Gasteiger partial charge in [-0.05, 0) is 30.4 Å². The summed E-state index contributed by atoms with van der Waals surface area (Å²) >= 11 is 12.1. The number of amides is 2. The third kappa shape index (κ3) is 1.42. The van der Waals surface area contributed by atoms with E-state index in [9.17, 15) is 9.59 Å². The maximum atomic E-state index is 12.6. The summed E-state index contributed by atoms with van der Waals surface area (Å²) in [6, 6.07) is 5.01. The molecule has 0 aromatic heterocycles. The lowest BCUT2D eigenvalue weighted by molar-refractivity contribution is -0.123. The lowest BCUT2D eigenvalue weighted by Crippen LogP contribution is -2.33. The number of carbonyl (C=O) groups excluding carboxylic acids is 2. The molecule has 1 aromatic rings. The highest BCUT2D eigenvalue weighted by Crippen LogP contribution is 2.53. The van der Waals surface area contributed by atoms with Crippen LogP contribution in [0, 0.1) is 23.7 Å². The number of allylic oxidation sites excluding steroid dienone is 2. The molecular formula is C15H11Cl2NO2. The van der Waals surface area contributed by atoms with Crippen molar-refractivity contribution in [3.05, 3.63) is 40.4 Å². The third-order valence-electron chi connectivity index (χ3n) is 4.64. The second-order valence-electron chi connectivity index (χ2n) is 5.58. The molecule has 1 aliphatic heterocycles. The first kappa shape index (κ1) is 12.4. The molecule has 0 spiro atoms. The summed E-state index contributed by atoms with van der Waals surface area (Å²) in [6.07, 6.45) is 5.06. The molecule has 0 N–H and O–H groups in total. The summed E-state index contributed by atoms with van der Waals surface area (Å²) in [4.78, 5) is 26.5. The Morgan fingerprint density at radius 3 is 2.20 bits per heavy atom. The predicted octanol–water partition coefficient (Wildman–Crippen LogP) is 3.30. The molecule has 2 aliphatic carbocycles. The first-order valence-corrected chi connectivity index (χ1v) is 7.35. The van der Waals surface area contributed by atoms with Gasteiger partial charge in [0.05, 0.1) is 27.6 Å². The third-order valence-corrected chi connectivity index (χ3v) is 5.45. The summed E-state index contributed by atoms with van der Waals surface area (Å²) in [7, 11) is 0. The zero-order chi connectivity index (χ0) is 14.0. The number of benzene rings is 1. The Morgan fingerprint density at radius 2 is 1.60 bits per heavy atom. The number of anilines is 1. The average molecular weight is 308 g/mol. The molecule has 2 bridgehead atoms. The summed E-state index contributed by atoms with van der Waals surface area (Å²) in [6.45, 7) is 0. The molecule has 1 saturated heterocycles. The van der Waals surface area contributed by atoms with Crippen LogP contribution in [-0.2, 0) is 9.59 Å². The van der Waals surface area contributed by atoms with E-state index in [1.54, 1.807) is 18.2 Å². The maximum Gasteiger partial charge on any atom is 0.238 e. The molecule has 20 heavy (non-hydrogen) atoms. The van der Waals surface area contributed by atoms with Crippen LogP contribution in [0.15, 0.2) is 30.4 Å². The highest BCUT2D eigenvalue weighted by Gasteiger charge is 2.59. The minimum atomic E-state index is -0.215. The van der Waals surface area contributed by atoms with Crippen molar-refractivity contribution >= 4 is 40.7 Å². The van der Waals surface area contributed by atoms with E-state index in [0.29, 0.717) is 10.7 Å². The standard InChI is InChI=1S/C15H11Cl2NO2/c16-9-2-1-3-10(13(9)17)18-14(19)11-7-4-5-8(6-7)12(11)15(18)20/h1-5,7-8,11-12H,6H2/t7-,8+,11-,12-/m0/s1. The van der Waals surface area contributed by atoms with Crippen LogP contribution in [0.1, 0.15) is 6.42 Å². The monoisotopic (exact) mass is 307 g/mol. The zero-order valence-corrected chi connectivity index (χ0v) is 11.9. The van der Waals surface area contributed by atoms with E-state index in [2.05, 4.69) is 12.2 Å². The summed E-state index contributed by atoms with van der Waals surface area (Å²) in [5.41, 5.74) is 0.406. The largest absolute Gasteiger partial charge is 0.274 e. The Labute approximate surface area is 126 Å². The fourth-order valence-electron chi connectivity index (χ4n) is 3.80. The van der Waals surface area contributed by atoms with Gasteiger partial charge in [0.15, 0.2) is 0 Å². The summed E-state index contributed by atoms with van der Waals surface area (Å²) < 4.78 is 0. The van der Waals surface area contributed by atoms with Crippen LogP contribution in [0.25, 0.3) is 0 Å². The lowest BCUT2D eigenvalue weighted by atomic mass is 9.85. The van der Waals surface area contributed by atoms with E-state index in [1.165, 1.54) is 4.90 Å². The van der Waals surface area contributed by atoms with Gasteiger partial charge < -0.3 is 0 Å². The number of nitrogens with zero attached hydrogens (tertiary/aromatic N) is 1. The number of hydrogen-bond acceptors (Lipinski definition) is 2.